The summed E-state index contributed by atoms with van der Waals surface area (Å²) >= 11 is 0. The SMILES string of the molecule is CN(C)C(=O)N[C@@H]1CN(Cc2nccn2C)[C@@H]2CCCO[C@@H]21.O=C(O)C(F)(F)F.O=C(O)C(F)(F)F. The fourth-order valence-corrected chi connectivity index (χ4v) is 3.38. The number of nitrogens with zero attached hydrogens (tertiary/aromatic N) is 4. The lowest BCUT2D eigenvalue weighted by molar-refractivity contribution is -0.193. The number of carboxylic acids is 2. The molecular weight excluding hydrogens is 508 g/mol. The molecule has 3 atom stereocenters. The summed E-state index contributed by atoms with van der Waals surface area (Å²) in [6.07, 6.45) is -4.11. The van der Waals surface area contributed by atoms with Gasteiger partial charge in [-0.3, -0.25) is 4.90 Å². The lowest BCUT2D eigenvalue weighted by Crippen LogP contribution is -2.50. The number of aromatic nitrogens is 2. The molecule has 3 heterocycles. The van der Waals surface area contributed by atoms with Gasteiger partial charge in [-0.1, -0.05) is 0 Å². The summed E-state index contributed by atoms with van der Waals surface area (Å²) in [6, 6.07) is 0.343. The van der Waals surface area contributed by atoms with Gasteiger partial charge in [0.1, 0.15) is 5.82 Å². The van der Waals surface area contributed by atoms with E-state index in [0.717, 1.165) is 38.4 Å². The molecular formula is C19H27F6N5O6. The van der Waals surface area contributed by atoms with E-state index in [0.29, 0.717) is 6.04 Å². The van der Waals surface area contributed by atoms with Crippen molar-refractivity contribution in [2.75, 3.05) is 27.2 Å². The monoisotopic (exact) mass is 535 g/mol. The maximum Gasteiger partial charge on any atom is 0.490 e. The number of fused-ring (bicyclic) bond motifs is 1. The molecule has 2 aliphatic rings. The Kier molecular flexibility index (Phi) is 11.0. The lowest BCUT2D eigenvalue weighted by Gasteiger charge is -2.32. The molecule has 0 bridgehead atoms. The van der Waals surface area contributed by atoms with E-state index < -0.39 is 24.3 Å². The van der Waals surface area contributed by atoms with Gasteiger partial charge in [0.15, 0.2) is 0 Å². The van der Waals surface area contributed by atoms with Crippen molar-refractivity contribution < 1.29 is 55.7 Å². The van der Waals surface area contributed by atoms with Gasteiger partial charge >= 0.3 is 30.3 Å². The largest absolute Gasteiger partial charge is 0.490 e. The maximum absolute atomic E-state index is 12.0. The molecule has 0 spiro atoms. The van der Waals surface area contributed by atoms with E-state index in [1.54, 1.807) is 19.0 Å². The zero-order chi connectivity index (χ0) is 27.8. The summed E-state index contributed by atoms with van der Waals surface area (Å²) in [5.41, 5.74) is 0. The van der Waals surface area contributed by atoms with E-state index in [4.69, 9.17) is 24.5 Å². The summed E-state index contributed by atoms with van der Waals surface area (Å²) in [6.45, 7) is 2.38. The molecule has 0 radical (unpaired) electrons. The predicted molar refractivity (Wildman–Crippen MR) is 110 cm³/mol. The van der Waals surface area contributed by atoms with Crippen molar-refractivity contribution in [3.63, 3.8) is 0 Å². The number of likely N-dealkylation sites (tertiary alicyclic amines) is 1. The van der Waals surface area contributed by atoms with Crippen molar-refractivity contribution in [1.29, 1.82) is 0 Å². The first kappa shape index (κ1) is 31.0. The Morgan fingerprint density at radius 3 is 2.08 bits per heavy atom. The van der Waals surface area contributed by atoms with E-state index in [2.05, 4.69) is 15.2 Å². The Morgan fingerprint density at radius 1 is 1.14 bits per heavy atom. The molecule has 3 N–H and O–H groups in total. The third-order valence-corrected chi connectivity index (χ3v) is 5.10. The minimum Gasteiger partial charge on any atom is -0.475 e. The second kappa shape index (κ2) is 12.8. The first-order valence-electron chi connectivity index (χ1n) is 10.3. The Hall–Kier alpha value is -3.08. The fourth-order valence-electron chi connectivity index (χ4n) is 3.38. The van der Waals surface area contributed by atoms with Gasteiger partial charge in [-0.05, 0) is 12.8 Å². The van der Waals surface area contributed by atoms with E-state index in [-0.39, 0.29) is 18.2 Å². The zero-order valence-corrected chi connectivity index (χ0v) is 19.5. The van der Waals surface area contributed by atoms with E-state index in [9.17, 15) is 31.1 Å². The van der Waals surface area contributed by atoms with Crippen LogP contribution in [-0.4, -0.2) is 105 Å². The van der Waals surface area contributed by atoms with Crippen molar-refractivity contribution in [3.8, 4) is 0 Å². The number of aliphatic carboxylic acids is 2. The van der Waals surface area contributed by atoms with Crippen LogP contribution in [-0.2, 0) is 27.9 Å². The molecule has 17 heteroatoms. The van der Waals surface area contributed by atoms with Gasteiger partial charge in [0.05, 0.1) is 18.7 Å². The van der Waals surface area contributed by atoms with Crippen molar-refractivity contribution in [2.24, 2.45) is 7.05 Å². The highest BCUT2D eigenvalue weighted by molar-refractivity contribution is 5.74. The van der Waals surface area contributed by atoms with Gasteiger partial charge in [-0.15, -0.1) is 0 Å². The molecule has 36 heavy (non-hydrogen) atoms. The van der Waals surface area contributed by atoms with E-state index >= 15 is 0 Å². The van der Waals surface area contributed by atoms with Crippen molar-refractivity contribution in [2.45, 2.75) is 49.9 Å². The second-order valence-corrected chi connectivity index (χ2v) is 7.99. The number of halogens is 6. The molecule has 206 valence electrons. The Labute approximate surface area is 201 Å². The standard InChI is InChI=1S/C15H25N5O2.2C2HF3O2/c1-18(2)15(21)17-11-9-20(10-13-16-6-7-19(13)3)12-5-4-8-22-14(11)12;2*3-2(4,5)1(6)7/h6-7,11-12,14H,4-5,8-10H2,1-3H3,(H,17,21);2*(H,6,7)/t11-,12-,14-;;/m1../s1. The number of carbonyl (C=O) groups is 3. The van der Waals surface area contributed by atoms with Crippen LogP contribution in [0.25, 0.3) is 0 Å². The van der Waals surface area contributed by atoms with Gasteiger partial charge < -0.3 is 29.7 Å². The molecule has 0 saturated carbocycles. The minimum atomic E-state index is -5.08. The summed E-state index contributed by atoms with van der Waals surface area (Å²) in [5, 5.41) is 17.3. The van der Waals surface area contributed by atoms with Crippen LogP contribution in [0.15, 0.2) is 12.4 Å². The zero-order valence-electron chi connectivity index (χ0n) is 19.5. The number of hydrogen-bond donors (Lipinski definition) is 3. The van der Waals surface area contributed by atoms with Gasteiger partial charge in [0.2, 0.25) is 0 Å². The van der Waals surface area contributed by atoms with Gasteiger partial charge in [-0.2, -0.15) is 26.3 Å². The molecule has 11 nitrogen and oxygen atoms in total. The third kappa shape index (κ3) is 9.52. The molecule has 0 aliphatic carbocycles. The summed E-state index contributed by atoms with van der Waals surface area (Å²) in [7, 11) is 5.53. The van der Waals surface area contributed by atoms with Crippen molar-refractivity contribution in [3.05, 3.63) is 18.2 Å². The Balaban J connectivity index is 0.000000383. The highest BCUT2D eigenvalue weighted by Gasteiger charge is 2.45. The van der Waals surface area contributed by atoms with Crippen LogP contribution < -0.4 is 5.32 Å². The van der Waals surface area contributed by atoms with Crippen molar-refractivity contribution in [1.82, 2.24) is 24.7 Å². The Morgan fingerprint density at radius 2 is 1.67 bits per heavy atom. The smallest absolute Gasteiger partial charge is 0.475 e. The number of alkyl halides is 6. The highest BCUT2D eigenvalue weighted by atomic mass is 19.4. The fraction of sp³-hybridized carbons (Fsp3) is 0.684. The number of amides is 2. The maximum atomic E-state index is 12.0. The number of hydrogen-bond acceptors (Lipinski definition) is 6. The quantitative estimate of drug-likeness (QED) is 0.498. The first-order chi connectivity index (χ1) is 16.4. The van der Waals surface area contributed by atoms with E-state index in [1.807, 2.05) is 24.0 Å². The van der Waals surface area contributed by atoms with Crippen molar-refractivity contribution >= 4 is 18.0 Å². The molecule has 0 unspecified atom stereocenters. The topological polar surface area (TPSA) is 137 Å². The number of urea groups is 1. The minimum absolute atomic E-state index is 0.0421. The molecule has 1 aromatic rings. The number of aryl methyl sites for hydroxylation is 1. The predicted octanol–water partition coefficient (Wildman–Crippen LogP) is 1.69. The summed E-state index contributed by atoms with van der Waals surface area (Å²) < 4.78 is 71.5. The Bertz CT molecular complexity index is 867. The number of carboxylic acid groups (broad SMARTS) is 2. The summed E-state index contributed by atoms with van der Waals surface area (Å²) in [4.78, 5) is 38.1. The lowest BCUT2D eigenvalue weighted by atomic mass is 10.0. The molecule has 2 saturated heterocycles. The molecule has 0 aromatic carbocycles. The molecule has 3 rings (SSSR count). The van der Waals surface area contributed by atoms with Crippen LogP contribution >= 0.6 is 0 Å². The molecule has 2 fully saturated rings. The van der Waals surface area contributed by atoms with Crippen LogP contribution in [0.4, 0.5) is 31.1 Å². The van der Waals surface area contributed by atoms with Crippen LogP contribution in [0.1, 0.15) is 18.7 Å². The average molecular weight is 535 g/mol. The van der Waals surface area contributed by atoms with Crippen LogP contribution in [0.3, 0.4) is 0 Å². The van der Waals surface area contributed by atoms with Gasteiger partial charge in [-0.25, -0.2) is 19.4 Å². The third-order valence-electron chi connectivity index (χ3n) is 5.10. The van der Waals surface area contributed by atoms with Gasteiger partial charge in [0, 0.05) is 52.7 Å². The highest BCUT2D eigenvalue weighted by Crippen LogP contribution is 2.30. The number of rotatable bonds is 3. The molecule has 2 aliphatic heterocycles. The second-order valence-electron chi connectivity index (χ2n) is 7.99. The average Bonchev–Trinajstić information content (AvgIpc) is 3.31. The number of carbonyl (C=O) groups excluding carboxylic acids is 1. The van der Waals surface area contributed by atoms with Gasteiger partial charge in [0.25, 0.3) is 0 Å². The summed E-state index contributed by atoms with van der Waals surface area (Å²) in [5.74, 6) is -4.47. The number of imidazole rings is 1. The van der Waals surface area contributed by atoms with Crippen LogP contribution in [0, 0.1) is 0 Å². The normalized spacial score (nSPS) is 21.8. The molecule has 2 amide bonds. The van der Waals surface area contributed by atoms with Crippen LogP contribution in [0.2, 0.25) is 0 Å². The molecule has 1 aromatic heterocycles. The number of nitrogens with one attached hydrogen (secondary N) is 1. The van der Waals surface area contributed by atoms with Crippen LogP contribution in [0.5, 0.6) is 0 Å². The van der Waals surface area contributed by atoms with E-state index in [1.165, 1.54) is 0 Å². The first-order valence-corrected chi connectivity index (χ1v) is 10.3. The number of ether oxygens (including phenoxy) is 1.